The molecular formula is C25H19FN2O8. The van der Waals surface area contributed by atoms with Crippen LogP contribution in [0.1, 0.15) is 21.9 Å². The molecule has 0 atom stereocenters. The lowest BCUT2D eigenvalue weighted by atomic mass is 10.1. The Morgan fingerprint density at radius 3 is 2.58 bits per heavy atom. The second kappa shape index (κ2) is 10.1. The number of amides is 4. The summed E-state index contributed by atoms with van der Waals surface area (Å²) in [5, 5.41) is 2.08. The van der Waals surface area contributed by atoms with Gasteiger partial charge >= 0.3 is 12.0 Å². The van der Waals surface area contributed by atoms with Gasteiger partial charge in [-0.1, -0.05) is 12.1 Å². The van der Waals surface area contributed by atoms with Gasteiger partial charge in [-0.15, -0.1) is 0 Å². The molecule has 4 rings (SSSR count). The lowest BCUT2D eigenvalue weighted by Crippen LogP contribution is -2.54. The Morgan fingerprint density at radius 2 is 1.86 bits per heavy atom. The van der Waals surface area contributed by atoms with E-state index in [1.54, 1.807) is 18.2 Å². The fourth-order valence-corrected chi connectivity index (χ4v) is 3.38. The molecule has 1 N–H and O–H groups in total. The van der Waals surface area contributed by atoms with Crippen LogP contribution in [0.5, 0.6) is 11.5 Å². The Balaban J connectivity index is 1.56. The van der Waals surface area contributed by atoms with E-state index in [0.29, 0.717) is 22.0 Å². The van der Waals surface area contributed by atoms with Crippen LogP contribution in [0.3, 0.4) is 0 Å². The molecule has 2 heterocycles. The van der Waals surface area contributed by atoms with E-state index in [0.717, 1.165) is 12.1 Å². The SMILES string of the molecule is COC(=O)c1ccc(COc2ccc(C=C3C(=O)NC(=O)N(c4cccc(F)c4)C3=O)cc2OC)o1. The molecule has 3 aromatic rings. The predicted octanol–water partition coefficient (Wildman–Crippen LogP) is 3.46. The number of furan rings is 1. The van der Waals surface area contributed by atoms with Crippen LogP contribution in [0.4, 0.5) is 14.9 Å². The highest BCUT2D eigenvalue weighted by Crippen LogP contribution is 2.31. The fraction of sp³-hybridized carbons (Fsp3) is 0.120. The Labute approximate surface area is 203 Å². The number of ether oxygens (including phenoxy) is 3. The largest absolute Gasteiger partial charge is 0.493 e. The number of methoxy groups -OCH3 is 2. The molecule has 0 bridgehead atoms. The molecule has 10 nitrogen and oxygen atoms in total. The van der Waals surface area contributed by atoms with Gasteiger partial charge in [0.1, 0.15) is 23.8 Å². The summed E-state index contributed by atoms with van der Waals surface area (Å²) in [4.78, 5) is 49.8. The number of hydrogen-bond donors (Lipinski definition) is 1. The summed E-state index contributed by atoms with van der Waals surface area (Å²) >= 11 is 0. The maximum atomic E-state index is 13.6. The van der Waals surface area contributed by atoms with E-state index in [-0.39, 0.29) is 29.4 Å². The van der Waals surface area contributed by atoms with Gasteiger partial charge in [0.2, 0.25) is 5.76 Å². The minimum atomic E-state index is -0.984. The number of barbiturate groups is 1. The van der Waals surface area contributed by atoms with Gasteiger partial charge in [-0.3, -0.25) is 14.9 Å². The molecule has 36 heavy (non-hydrogen) atoms. The average molecular weight is 494 g/mol. The van der Waals surface area contributed by atoms with Crippen molar-refractivity contribution in [3.63, 3.8) is 0 Å². The van der Waals surface area contributed by atoms with E-state index in [1.165, 1.54) is 44.6 Å². The summed E-state index contributed by atoms with van der Waals surface area (Å²) < 4.78 is 34.6. The van der Waals surface area contributed by atoms with Crippen molar-refractivity contribution in [2.75, 3.05) is 19.1 Å². The number of imide groups is 2. The molecule has 1 saturated heterocycles. The molecule has 0 unspecified atom stereocenters. The van der Waals surface area contributed by atoms with Crippen molar-refractivity contribution in [3.8, 4) is 11.5 Å². The number of anilines is 1. The zero-order valence-electron chi connectivity index (χ0n) is 19.1. The molecule has 2 aromatic carbocycles. The van der Waals surface area contributed by atoms with Crippen LogP contribution in [0.2, 0.25) is 0 Å². The highest BCUT2D eigenvalue weighted by atomic mass is 19.1. The normalized spacial score (nSPS) is 14.6. The zero-order chi connectivity index (χ0) is 25.8. The maximum Gasteiger partial charge on any atom is 0.373 e. The number of halogens is 1. The maximum absolute atomic E-state index is 13.6. The molecule has 0 saturated carbocycles. The minimum absolute atomic E-state index is 0.0145. The van der Waals surface area contributed by atoms with E-state index in [4.69, 9.17) is 13.9 Å². The van der Waals surface area contributed by atoms with Gasteiger partial charge < -0.3 is 18.6 Å². The van der Waals surface area contributed by atoms with E-state index in [9.17, 15) is 23.6 Å². The summed E-state index contributed by atoms with van der Waals surface area (Å²) in [5.74, 6) is -2.05. The zero-order valence-corrected chi connectivity index (χ0v) is 19.1. The van der Waals surface area contributed by atoms with Gasteiger partial charge in [0.25, 0.3) is 11.8 Å². The first-order chi connectivity index (χ1) is 17.3. The first-order valence-corrected chi connectivity index (χ1v) is 10.5. The number of carbonyl (C=O) groups is 4. The standard InChI is InChI=1S/C25H19FN2O8/c1-33-21-11-14(6-8-19(21)35-13-17-7-9-20(36-17)24(31)34-2)10-18-22(29)27-25(32)28(23(18)30)16-5-3-4-15(26)12-16/h3-12H,13H2,1-2H3,(H,27,29,32). The number of urea groups is 1. The molecular weight excluding hydrogens is 475 g/mol. The van der Waals surface area contributed by atoms with Gasteiger partial charge in [0.15, 0.2) is 11.5 Å². The topological polar surface area (TPSA) is 124 Å². The lowest BCUT2D eigenvalue weighted by molar-refractivity contribution is -0.122. The summed E-state index contributed by atoms with van der Waals surface area (Å²) in [6, 6.07) is 11.6. The average Bonchev–Trinajstić information content (AvgIpc) is 3.34. The first kappa shape index (κ1) is 24.2. The van der Waals surface area contributed by atoms with Crippen molar-refractivity contribution >= 4 is 35.6 Å². The molecule has 4 amide bonds. The van der Waals surface area contributed by atoms with Gasteiger partial charge in [-0.05, 0) is 54.1 Å². The van der Waals surface area contributed by atoms with Gasteiger partial charge in [-0.25, -0.2) is 18.9 Å². The summed E-state index contributed by atoms with van der Waals surface area (Å²) in [6.07, 6.45) is 1.28. The second-order valence-corrected chi connectivity index (χ2v) is 7.39. The number of benzene rings is 2. The Hall–Kier alpha value is -4.93. The van der Waals surface area contributed by atoms with Crippen molar-refractivity contribution in [2.24, 2.45) is 0 Å². The van der Waals surface area contributed by atoms with Crippen molar-refractivity contribution < 1.29 is 42.2 Å². The number of carbonyl (C=O) groups excluding carboxylic acids is 4. The molecule has 0 spiro atoms. The quantitative estimate of drug-likeness (QED) is 0.301. The third-order valence-corrected chi connectivity index (χ3v) is 5.08. The van der Waals surface area contributed by atoms with Crippen LogP contribution in [0, 0.1) is 5.82 Å². The van der Waals surface area contributed by atoms with Crippen LogP contribution >= 0.6 is 0 Å². The smallest absolute Gasteiger partial charge is 0.373 e. The first-order valence-electron chi connectivity index (χ1n) is 10.5. The number of hydrogen-bond acceptors (Lipinski definition) is 8. The molecule has 11 heteroatoms. The van der Waals surface area contributed by atoms with Gasteiger partial charge in [0.05, 0.1) is 19.9 Å². The summed E-state index contributed by atoms with van der Waals surface area (Å²) in [6.45, 7) is -0.0145. The van der Waals surface area contributed by atoms with E-state index >= 15 is 0 Å². The van der Waals surface area contributed by atoms with Crippen LogP contribution in [-0.4, -0.2) is 38.0 Å². The second-order valence-electron chi connectivity index (χ2n) is 7.39. The monoisotopic (exact) mass is 494 g/mol. The van der Waals surface area contributed by atoms with Crippen LogP contribution in [0.15, 0.2) is 64.6 Å². The molecule has 1 aliphatic heterocycles. The van der Waals surface area contributed by atoms with E-state index < -0.39 is 29.6 Å². The van der Waals surface area contributed by atoms with E-state index in [1.807, 2.05) is 0 Å². The third-order valence-electron chi connectivity index (χ3n) is 5.08. The number of rotatable bonds is 7. The number of nitrogens with zero attached hydrogens (tertiary/aromatic N) is 1. The molecule has 1 aliphatic rings. The Kier molecular flexibility index (Phi) is 6.81. The number of nitrogens with one attached hydrogen (secondary N) is 1. The van der Waals surface area contributed by atoms with Crippen LogP contribution < -0.4 is 19.7 Å². The summed E-state index contributed by atoms with van der Waals surface area (Å²) in [7, 11) is 2.65. The molecule has 1 fully saturated rings. The van der Waals surface area contributed by atoms with E-state index in [2.05, 4.69) is 10.1 Å². The predicted molar refractivity (Wildman–Crippen MR) is 123 cm³/mol. The Morgan fingerprint density at radius 1 is 1.06 bits per heavy atom. The van der Waals surface area contributed by atoms with Crippen molar-refractivity contribution in [1.82, 2.24) is 5.32 Å². The summed E-state index contributed by atoms with van der Waals surface area (Å²) in [5.41, 5.74) is 0.0447. The van der Waals surface area contributed by atoms with Crippen molar-refractivity contribution in [1.29, 1.82) is 0 Å². The minimum Gasteiger partial charge on any atom is -0.493 e. The van der Waals surface area contributed by atoms with Crippen LogP contribution in [-0.2, 0) is 20.9 Å². The highest BCUT2D eigenvalue weighted by molar-refractivity contribution is 6.39. The van der Waals surface area contributed by atoms with Crippen molar-refractivity contribution in [3.05, 3.63) is 83.1 Å². The van der Waals surface area contributed by atoms with Gasteiger partial charge in [-0.2, -0.15) is 0 Å². The molecule has 0 radical (unpaired) electrons. The van der Waals surface area contributed by atoms with Crippen molar-refractivity contribution in [2.45, 2.75) is 6.61 Å². The molecule has 0 aliphatic carbocycles. The lowest BCUT2D eigenvalue weighted by Gasteiger charge is -2.26. The highest BCUT2D eigenvalue weighted by Gasteiger charge is 2.37. The van der Waals surface area contributed by atoms with Crippen LogP contribution in [0.25, 0.3) is 6.08 Å². The molecule has 1 aromatic heterocycles. The fourth-order valence-electron chi connectivity index (χ4n) is 3.38. The Bertz CT molecular complexity index is 1390. The van der Waals surface area contributed by atoms with Gasteiger partial charge in [0, 0.05) is 0 Å². The molecule has 184 valence electrons. The third kappa shape index (κ3) is 4.94. The number of esters is 1.